The standard InChI is InChI=1S/C21H20N6O/c22-20-9-8-19(21(23)26-20)16-11-25-27(13-16)12-15-4-6-18(7-5-15)28-14-17-3-1-2-10-24-17/h1-11,13H,12,14H2,(H4,22,23,26). The van der Waals surface area contributed by atoms with Crippen molar-refractivity contribution in [2.24, 2.45) is 0 Å². The number of nitrogens with two attached hydrogens (primary N) is 2. The first-order valence-corrected chi connectivity index (χ1v) is 8.84. The minimum absolute atomic E-state index is 0.397. The average molecular weight is 372 g/mol. The lowest BCUT2D eigenvalue weighted by molar-refractivity contribution is 0.301. The summed E-state index contributed by atoms with van der Waals surface area (Å²) < 4.78 is 7.62. The van der Waals surface area contributed by atoms with Crippen molar-refractivity contribution in [3.63, 3.8) is 0 Å². The first-order chi connectivity index (χ1) is 13.7. The predicted octanol–water partition coefficient (Wildman–Crippen LogP) is 3.13. The Bertz CT molecular complexity index is 1060. The molecule has 3 heterocycles. The maximum atomic E-state index is 5.96. The number of anilines is 2. The van der Waals surface area contributed by atoms with Crippen molar-refractivity contribution in [3.8, 4) is 16.9 Å². The van der Waals surface area contributed by atoms with E-state index in [0.29, 0.717) is 24.8 Å². The first kappa shape index (κ1) is 17.5. The molecular formula is C21H20N6O. The van der Waals surface area contributed by atoms with Gasteiger partial charge < -0.3 is 16.2 Å². The van der Waals surface area contributed by atoms with Crippen LogP contribution in [-0.2, 0) is 13.2 Å². The fraction of sp³-hybridized carbons (Fsp3) is 0.0952. The first-order valence-electron chi connectivity index (χ1n) is 8.84. The lowest BCUT2D eigenvalue weighted by Crippen LogP contribution is -2.01. The number of pyridine rings is 2. The van der Waals surface area contributed by atoms with E-state index in [4.69, 9.17) is 16.2 Å². The van der Waals surface area contributed by atoms with Crippen LogP contribution in [0, 0.1) is 0 Å². The number of aromatic nitrogens is 4. The second kappa shape index (κ2) is 7.79. The summed E-state index contributed by atoms with van der Waals surface area (Å²) in [6.07, 6.45) is 5.47. The maximum absolute atomic E-state index is 5.96. The Labute approximate surface area is 162 Å². The van der Waals surface area contributed by atoms with E-state index in [9.17, 15) is 0 Å². The van der Waals surface area contributed by atoms with Gasteiger partial charge in [0.05, 0.1) is 18.4 Å². The highest BCUT2D eigenvalue weighted by Gasteiger charge is 2.08. The van der Waals surface area contributed by atoms with Gasteiger partial charge in [-0.1, -0.05) is 18.2 Å². The molecule has 4 rings (SSSR count). The number of ether oxygens (including phenoxy) is 1. The normalized spacial score (nSPS) is 10.7. The van der Waals surface area contributed by atoms with Crippen LogP contribution in [0.25, 0.3) is 11.1 Å². The molecule has 7 heteroatoms. The van der Waals surface area contributed by atoms with Crippen molar-refractivity contribution in [2.45, 2.75) is 13.2 Å². The van der Waals surface area contributed by atoms with Gasteiger partial charge in [0.25, 0.3) is 0 Å². The van der Waals surface area contributed by atoms with Crippen LogP contribution in [-0.4, -0.2) is 19.7 Å². The van der Waals surface area contributed by atoms with E-state index in [1.807, 2.05) is 59.4 Å². The van der Waals surface area contributed by atoms with Crippen molar-refractivity contribution in [1.82, 2.24) is 19.7 Å². The summed E-state index contributed by atoms with van der Waals surface area (Å²) in [6.45, 7) is 1.09. The maximum Gasteiger partial charge on any atom is 0.133 e. The van der Waals surface area contributed by atoms with Gasteiger partial charge in [-0.15, -0.1) is 0 Å². The molecule has 0 atom stereocenters. The van der Waals surface area contributed by atoms with Gasteiger partial charge in [-0.3, -0.25) is 9.67 Å². The number of hydrogen-bond donors (Lipinski definition) is 2. The van der Waals surface area contributed by atoms with Crippen LogP contribution in [0.15, 0.2) is 73.2 Å². The van der Waals surface area contributed by atoms with Crippen molar-refractivity contribution < 1.29 is 4.74 Å². The third-order valence-corrected chi connectivity index (χ3v) is 4.27. The Morgan fingerprint density at radius 2 is 1.82 bits per heavy atom. The van der Waals surface area contributed by atoms with Crippen LogP contribution in [0.2, 0.25) is 0 Å². The fourth-order valence-corrected chi connectivity index (χ4v) is 2.84. The summed E-state index contributed by atoms with van der Waals surface area (Å²) in [5, 5.41) is 4.41. The highest BCUT2D eigenvalue weighted by atomic mass is 16.5. The van der Waals surface area contributed by atoms with E-state index in [1.54, 1.807) is 18.5 Å². The topological polar surface area (TPSA) is 105 Å². The molecule has 4 N–H and O–H groups in total. The molecule has 0 unspecified atom stereocenters. The third kappa shape index (κ3) is 4.09. The summed E-state index contributed by atoms with van der Waals surface area (Å²) >= 11 is 0. The monoisotopic (exact) mass is 372 g/mol. The number of benzene rings is 1. The molecule has 0 saturated heterocycles. The number of nitrogens with zero attached hydrogens (tertiary/aromatic N) is 4. The largest absolute Gasteiger partial charge is 0.487 e. The summed E-state index contributed by atoms with van der Waals surface area (Å²) in [7, 11) is 0. The Morgan fingerprint density at radius 3 is 2.57 bits per heavy atom. The molecule has 0 spiro atoms. The molecule has 0 aliphatic heterocycles. The SMILES string of the molecule is Nc1ccc(-c2cnn(Cc3ccc(OCc4ccccn4)cc3)c2)c(N)n1. The van der Waals surface area contributed by atoms with Gasteiger partial charge in [-0.05, 0) is 42.0 Å². The van der Waals surface area contributed by atoms with Crippen LogP contribution in [0.3, 0.4) is 0 Å². The van der Waals surface area contributed by atoms with Gasteiger partial charge in [0.2, 0.25) is 0 Å². The van der Waals surface area contributed by atoms with Crippen LogP contribution in [0.5, 0.6) is 5.75 Å². The zero-order valence-electron chi connectivity index (χ0n) is 15.2. The van der Waals surface area contributed by atoms with Gasteiger partial charge in [0, 0.05) is 23.5 Å². The smallest absolute Gasteiger partial charge is 0.133 e. The molecule has 0 amide bonds. The fourth-order valence-electron chi connectivity index (χ4n) is 2.84. The Kier molecular flexibility index (Phi) is 4.88. The molecule has 4 aromatic rings. The Morgan fingerprint density at radius 1 is 0.964 bits per heavy atom. The molecule has 0 aliphatic carbocycles. The highest BCUT2D eigenvalue weighted by molar-refractivity contribution is 5.73. The van der Waals surface area contributed by atoms with E-state index >= 15 is 0 Å². The van der Waals surface area contributed by atoms with E-state index < -0.39 is 0 Å². The van der Waals surface area contributed by atoms with Gasteiger partial charge in [0.1, 0.15) is 24.0 Å². The zero-order chi connectivity index (χ0) is 19.3. The van der Waals surface area contributed by atoms with Crippen LogP contribution in [0.4, 0.5) is 11.6 Å². The zero-order valence-corrected chi connectivity index (χ0v) is 15.2. The highest BCUT2D eigenvalue weighted by Crippen LogP contribution is 2.25. The lowest BCUT2D eigenvalue weighted by atomic mass is 10.1. The van der Waals surface area contributed by atoms with Crippen LogP contribution < -0.4 is 16.2 Å². The summed E-state index contributed by atoms with van der Waals surface area (Å²) in [6, 6.07) is 17.3. The van der Waals surface area contributed by atoms with Crippen molar-refractivity contribution >= 4 is 11.6 Å². The minimum Gasteiger partial charge on any atom is -0.487 e. The quantitative estimate of drug-likeness (QED) is 0.539. The molecule has 28 heavy (non-hydrogen) atoms. The molecule has 140 valence electrons. The molecule has 7 nitrogen and oxygen atoms in total. The van der Waals surface area contributed by atoms with Gasteiger partial charge in [-0.25, -0.2) is 4.98 Å². The molecule has 1 aromatic carbocycles. The van der Waals surface area contributed by atoms with Crippen molar-refractivity contribution in [3.05, 3.63) is 84.4 Å². The van der Waals surface area contributed by atoms with Gasteiger partial charge >= 0.3 is 0 Å². The molecule has 3 aromatic heterocycles. The molecule has 0 aliphatic rings. The molecule has 0 saturated carbocycles. The van der Waals surface area contributed by atoms with E-state index in [2.05, 4.69) is 15.1 Å². The van der Waals surface area contributed by atoms with Crippen molar-refractivity contribution in [1.29, 1.82) is 0 Å². The van der Waals surface area contributed by atoms with Crippen LogP contribution in [0.1, 0.15) is 11.3 Å². The average Bonchev–Trinajstić information content (AvgIpc) is 3.16. The second-order valence-electron chi connectivity index (χ2n) is 6.35. The van der Waals surface area contributed by atoms with Gasteiger partial charge in [-0.2, -0.15) is 5.10 Å². The molecule has 0 bridgehead atoms. The van der Waals surface area contributed by atoms with E-state index in [1.165, 1.54) is 0 Å². The summed E-state index contributed by atoms with van der Waals surface area (Å²) in [4.78, 5) is 8.34. The van der Waals surface area contributed by atoms with Gasteiger partial charge in [0.15, 0.2) is 0 Å². The molecule has 0 fully saturated rings. The van der Waals surface area contributed by atoms with Crippen molar-refractivity contribution in [2.75, 3.05) is 11.5 Å². The summed E-state index contributed by atoms with van der Waals surface area (Å²) in [5.41, 5.74) is 15.3. The number of nitrogen functional groups attached to an aromatic ring is 2. The van der Waals surface area contributed by atoms with Crippen LogP contribution >= 0.6 is 0 Å². The third-order valence-electron chi connectivity index (χ3n) is 4.27. The molecule has 0 radical (unpaired) electrons. The Balaban J connectivity index is 1.40. The lowest BCUT2D eigenvalue weighted by Gasteiger charge is -2.07. The number of rotatable bonds is 6. The minimum atomic E-state index is 0.397. The van der Waals surface area contributed by atoms with E-state index in [0.717, 1.165) is 28.1 Å². The summed E-state index contributed by atoms with van der Waals surface area (Å²) in [5.74, 6) is 1.60. The second-order valence-corrected chi connectivity index (χ2v) is 6.35. The Hall–Kier alpha value is -3.87. The number of hydrogen-bond acceptors (Lipinski definition) is 6. The predicted molar refractivity (Wildman–Crippen MR) is 108 cm³/mol. The molecular weight excluding hydrogens is 352 g/mol. The van der Waals surface area contributed by atoms with E-state index in [-0.39, 0.29) is 0 Å².